The van der Waals surface area contributed by atoms with Gasteiger partial charge in [-0.3, -0.25) is 0 Å². The van der Waals surface area contributed by atoms with Gasteiger partial charge >= 0.3 is 6.09 Å². The molecule has 0 atom stereocenters. The quantitative estimate of drug-likeness (QED) is 0.567. The highest BCUT2D eigenvalue weighted by Gasteiger charge is 2.27. The van der Waals surface area contributed by atoms with E-state index in [2.05, 4.69) is 25.6 Å². The zero-order chi connectivity index (χ0) is 23.7. The minimum atomic E-state index is -0.480. The molecule has 1 saturated heterocycles. The number of anilines is 2. The molecule has 1 aliphatic heterocycles. The van der Waals surface area contributed by atoms with E-state index < -0.39 is 5.60 Å². The second kappa shape index (κ2) is 9.08. The Morgan fingerprint density at radius 1 is 1.06 bits per heavy atom. The van der Waals surface area contributed by atoms with Gasteiger partial charge in [-0.05, 0) is 64.5 Å². The fourth-order valence-corrected chi connectivity index (χ4v) is 4.00. The standard InChI is InChI=1S/C24H32N8O2/c1-24(2,3)34-23(33)31-10-8-18(9-11-31)29-20-6-7-21-25-15-19(32(21)30-20)17-13-27-22(28-14-17)26-12-16-4-5-16/h6-7,13-16,18H,4-5,8-12H2,1-3H3,(H,29,30)(H,26,27,28). The number of ether oxygens (including phenoxy) is 1. The van der Waals surface area contributed by atoms with E-state index in [0.29, 0.717) is 19.0 Å². The number of imidazole rings is 1. The van der Waals surface area contributed by atoms with Crippen LogP contribution in [0.3, 0.4) is 0 Å². The van der Waals surface area contributed by atoms with Crippen molar-refractivity contribution in [1.29, 1.82) is 0 Å². The number of hydrogen-bond donors (Lipinski definition) is 2. The number of likely N-dealkylation sites (tertiary alicyclic amines) is 1. The predicted molar refractivity (Wildman–Crippen MR) is 130 cm³/mol. The Bertz CT molecular complexity index is 1140. The molecular weight excluding hydrogens is 432 g/mol. The highest BCUT2D eigenvalue weighted by atomic mass is 16.6. The van der Waals surface area contributed by atoms with Crippen molar-refractivity contribution in [3.8, 4) is 11.3 Å². The molecule has 5 rings (SSSR count). The smallest absolute Gasteiger partial charge is 0.410 e. The second-order valence-corrected chi connectivity index (χ2v) is 10.1. The van der Waals surface area contributed by atoms with Crippen molar-refractivity contribution in [1.82, 2.24) is 29.5 Å². The van der Waals surface area contributed by atoms with Gasteiger partial charge < -0.3 is 20.3 Å². The molecule has 3 aromatic rings. The van der Waals surface area contributed by atoms with Crippen molar-refractivity contribution in [2.45, 2.75) is 58.1 Å². The van der Waals surface area contributed by atoms with Crippen LogP contribution < -0.4 is 10.6 Å². The van der Waals surface area contributed by atoms with Gasteiger partial charge in [-0.2, -0.15) is 0 Å². The Morgan fingerprint density at radius 3 is 2.47 bits per heavy atom. The zero-order valence-electron chi connectivity index (χ0n) is 20.0. The van der Waals surface area contributed by atoms with Gasteiger partial charge in [-0.1, -0.05) is 0 Å². The summed E-state index contributed by atoms with van der Waals surface area (Å²) in [5, 5.41) is 11.6. The molecule has 2 aliphatic rings. The van der Waals surface area contributed by atoms with Crippen molar-refractivity contribution in [3.63, 3.8) is 0 Å². The Labute approximate surface area is 199 Å². The Hall–Kier alpha value is -3.43. The van der Waals surface area contributed by atoms with Crippen molar-refractivity contribution in [2.75, 3.05) is 30.3 Å². The summed E-state index contributed by atoms with van der Waals surface area (Å²) in [7, 11) is 0. The van der Waals surface area contributed by atoms with Crippen LogP contribution in [0.15, 0.2) is 30.7 Å². The first-order valence-electron chi connectivity index (χ1n) is 12.0. The fraction of sp³-hybridized carbons (Fsp3) is 0.542. The number of nitrogens with zero attached hydrogens (tertiary/aromatic N) is 6. The van der Waals surface area contributed by atoms with Gasteiger partial charge in [0.05, 0.1) is 11.9 Å². The molecule has 0 aromatic carbocycles. The molecule has 0 bridgehead atoms. The first kappa shape index (κ1) is 22.4. The molecule has 10 heteroatoms. The molecule has 180 valence electrons. The minimum absolute atomic E-state index is 0.232. The first-order chi connectivity index (χ1) is 16.3. The van der Waals surface area contributed by atoms with Crippen LogP contribution in [-0.2, 0) is 4.74 Å². The third-order valence-electron chi connectivity index (χ3n) is 6.05. The number of hydrogen-bond acceptors (Lipinski definition) is 8. The SMILES string of the molecule is CC(C)(C)OC(=O)N1CCC(Nc2ccc3ncc(-c4cnc(NCC5CC5)nc4)n3n2)CC1. The Balaban J connectivity index is 1.22. The fourth-order valence-electron chi connectivity index (χ4n) is 4.00. The summed E-state index contributed by atoms with van der Waals surface area (Å²) in [6, 6.07) is 4.12. The highest BCUT2D eigenvalue weighted by molar-refractivity contribution is 5.68. The average molecular weight is 465 g/mol. The molecule has 4 heterocycles. The van der Waals surface area contributed by atoms with E-state index in [-0.39, 0.29) is 12.1 Å². The second-order valence-electron chi connectivity index (χ2n) is 10.1. The zero-order valence-corrected chi connectivity index (χ0v) is 20.0. The van der Waals surface area contributed by atoms with E-state index >= 15 is 0 Å². The number of carbonyl (C=O) groups excluding carboxylic acids is 1. The topological polar surface area (TPSA) is 110 Å². The molecule has 1 amide bonds. The van der Waals surface area contributed by atoms with Gasteiger partial charge in [0, 0.05) is 43.6 Å². The number of fused-ring (bicyclic) bond motifs is 1. The molecule has 2 fully saturated rings. The number of rotatable bonds is 6. The number of carbonyl (C=O) groups is 1. The number of amides is 1. The van der Waals surface area contributed by atoms with E-state index in [0.717, 1.165) is 48.0 Å². The van der Waals surface area contributed by atoms with E-state index in [1.807, 2.05) is 37.4 Å². The van der Waals surface area contributed by atoms with Gasteiger partial charge in [0.15, 0.2) is 5.65 Å². The number of aromatic nitrogens is 5. The maximum atomic E-state index is 12.3. The van der Waals surface area contributed by atoms with Crippen LogP contribution >= 0.6 is 0 Å². The number of nitrogens with one attached hydrogen (secondary N) is 2. The molecule has 1 aliphatic carbocycles. The maximum absolute atomic E-state index is 12.3. The first-order valence-corrected chi connectivity index (χ1v) is 12.0. The van der Waals surface area contributed by atoms with E-state index in [1.165, 1.54) is 12.8 Å². The van der Waals surface area contributed by atoms with Crippen LogP contribution in [0.5, 0.6) is 0 Å². The predicted octanol–water partition coefficient (Wildman–Crippen LogP) is 3.82. The average Bonchev–Trinajstić information content (AvgIpc) is 3.55. The van der Waals surface area contributed by atoms with Crippen molar-refractivity contribution < 1.29 is 9.53 Å². The summed E-state index contributed by atoms with van der Waals surface area (Å²) in [6.45, 7) is 7.91. The largest absolute Gasteiger partial charge is 0.444 e. The molecule has 0 unspecified atom stereocenters. The third kappa shape index (κ3) is 5.37. The van der Waals surface area contributed by atoms with Gasteiger partial charge in [0.1, 0.15) is 11.4 Å². The van der Waals surface area contributed by atoms with Gasteiger partial charge in [-0.25, -0.2) is 24.3 Å². The van der Waals surface area contributed by atoms with Crippen LogP contribution in [0, 0.1) is 5.92 Å². The normalized spacial score (nSPS) is 17.1. The maximum Gasteiger partial charge on any atom is 0.410 e. The van der Waals surface area contributed by atoms with E-state index in [9.17, 15) is 4.79 Å². The summed E-state index contributed by atoms with van der Waals surface area (Å²) in [5.74, 6) is 2.19. The summed E-state index contributed by atoms with van der Waals surface area (Å²) in [6.07, 6.45) is 9.40. The van der Waals surface area contributed by atoms with E-state index in [1.54, 1.807) is 23.5 Å². The Kier molecular flexibility index (Phi) is 5.97. The van der Waals surface area contributed by atoms with Crippen LogP contribution in [0.2, 0.25) is 0 Å². The van der Waals surface area contributed by atoms with E-state index in [4.69, 9.17) is 9.84 Å². The monoisotopic (exact) mass is 464 g/mol. The summed E-state index contributed by atoms with van der Waals surface area (Å²) >= 11 is 0. The summed E-state index contributed by atoms with van der Waals surface area (Å²) in [4.78, 5) is 27.5. The molecule has 3 aromatic heterocycles. The van der Waals surface area contributed by atoms with Crippen molar-refractivity contribution >= 4 is 23.5 Å². The lowest BCUT2D eigenvalue weighted by Crippen LogP contribution is -2.44. The highest BCUT2D eigenvalue weighted by Crippen LogP contribution is 2.28. The van der Waals surface area contributed by atoms with Crippen molar-refractivity contribution in [2.24, 2.45) is 5.92 Å². The Morgan fingerprint density at radius 2 is 1.79 bits per heavy atom. The van der Waals surface area contributed by atoms with Crippen LogP contribution in [-0.4, -0.2) is 66.8 Å². The molecule has 0 spiro atoms. The molecule has 2 N–H and O–H groups in total. The van der Waals surface area contributed by atoms with Crippen LogP contribution in [0.25, 0.3) is 16.9 Å². The lowest BCUT2D eigenvalue weighted by Gasteiger charge is -2.33. The summed E-state index contributed by atoms with van der Waals surface area (Å²) < 4.78 is 7.30. The van der Waals surface area contributed by atoms with Crippen LogP contribution in [0.4, 0.5) is 16.6 Å². The molecule has 1 saturated carbocycles. The lowest BCUT2D eigenvalue weighted by molar-refractivity contribution is 0.0210. The lowest BCUT2D eigenvalue weighted by atomic mass is 10.1. The van der Waals surface area contributed by atoms with Crippen LogP contribution in [0.1, 0.15) is 46.5 Å². The van der Waals surface area contributed by atoms with Gasteiger partial charge in [-0.15, -0.1) is 5.10 Å². The number of piperidine rings is 1. The van der Waals surface area contributed by atoms with Crippen molar-refractivity contribution in [3.05, 3.63) is 30.7 Å². The van der Waals surface area contributed by atoms with Gasteiger partial charge in [0.2, 0.25) is 5.95 Å². The molecular formula is C24H32N8O2. The third-order valence-corrected chi connectivity index (χ3v) is 6.05. The molecule has 10 nitrogen and oxygen atoms in total. The van der Waals surface area contributed by atoms with Gasteiger partial charge in [0.25, 0.3) is 0 Å². The molecule has 34 heavy (non-hydrogen) atoms. The minimum Gasteiger partial charge on any atom is -0.444 e. The molecule has 0 radical (unpaired) electrons. The summed E-state index contributed by atoms with van der Waals surface area (Å²) in [5.41, 5.74) is 1.98.